The van der Waals surface area contributed by atoms with Crippen LogP contribution in [0.1, 0.15) is 12.5 Å². The fraction of sp³-hybridized carbons (Fsp3) is 0.250. The molecule has 0 radical (unpaired) electrons. The summed E-state index contributed by atoms with van der Waals surface area (Å²) in [7, 11) is -2.28. The third-order valence-corrected chi connectivity index (χ3v) is 6.08. The molecule has 1 atom stereocenters. The second-order valence-electron chi connectivity index (χ2n) is 6.21. The number of rotatable bonds is 7. The first-order valence-electron chi connectivity index (χ1n) is 8.79. The summed E-state index contributed by atoms with van der Waals surface area (Å²) in [6.45, 7) is 1.93. The summed E-state index contributed by atoms with van der Waals surface area (Å²) in [5.74, 6) is 0.0468. The van der Waals surface area contributed by atoms with Crippen molar-refractivity contribution in [1.29, 1.82) is 0 Å². The Balaban J connectivity index is 2.13. The number of benzene rings is 2. The number of aromatic nitrogens is 1. The van der Waals surface area contributed by atoms with Gasteiger partial charge in [0.25, 0.3) is 10.0 Å². The molecule has 1 aromatic heterocycles. The van der Waals surface area contributed by atoms with Crippen LogP contribution in [0.5, 0.6) is 5.75 Å². The van der Waals surface area contributed by atoms with E-state index in [0.717, 1.165) is 0 Å². The maximum atomic E-state index is 13.1. The standard InChI is InChI=1S/C20H22N2O5S/c1-3-27-20(23)18(21)11-14-13-22(19-10-9-15(26-2)12-17(14)19)28(24,25)16-7-5-4-6-8-16/h4-10,12-13,18H,3,11,21H2,1-2H3/t18-/m1/s1. The van der Waals surface area contributed by atoms with Gasteiger partial charge in [-0.2, -0.15) is 0 Å². The molecule has 0 saturated heterocycles. The van der Waals surface area contributed by atoms with E-state index < -0.39 is 22.0 Å². The monoisotopic (exact) mass is 402 g/mol. The van der Waals surface area contributed by atoms with Crippen LogP contribution in [0.3, 0.4) is 0 Å². The summed E-state index contributed by atoms with van der Waals surface area (Å²) in [5, 5.41) is 0.651. The molecule has 0 bridgehead atoms. The van der Waals surface area contributed by atoms with Crippen molar-refractivity contribution in [3.05, 3.63) is 60.3 Å². The van der Waals surface area contributed by atoms with E-state index in [0.29, 0.717) is 22.2 Å². The molecule has 0 fully saturated rings. The Hall–Kier alpha value is -2.84. The molecule has 3 rings (SSSR count). The Morgan fingerprint density at radius 3 is 2.54 bits per heavy atom. The van der Waals surface area contributed by atoms with Crippen molar-refractivity contribution in [2.45, 2.75) is 24.3 Å². The zero-order valence-electron chi connectivity index (χ0n) is 15.7. The minimum Gasteiger partial charge on any atom is -0.497 e. The molecule has 0 unspecified atom stereocenters. The van der Waals surface area contributed by atoms with Gasteiger partial charge in [-0.15, -0.1) is 0 Å². The van der Waals surface area contributed by atoms with Gasteiger partial charge in [-0.1, -0.05) is 18.2 Å². The van der Waals surface area contributed by atoms with Gasteiger partial charge in [0, 0.05) is 18.0 Å². The van der Waals surface area contributed by atoms with Crippen LogP contribution in [0.15, 0.2) is 59.6 Å². The quantitative estimate of drug-likeness (QED) is 0.609. The second-order valence-corrected chi connectivity index (χ2v) is 8.03. The molecule has 28 heavy (non-hydrogen) atoms. The molecule has 3 aromatic rings. The molecule has 8 heteroatoms. The third-order valence-electron chi connectivity index (χ3n) is 4.39. The average Bonchev–Trinajstić information content (AvgIpc) is 3.07. The summed E-state index contributed by atoms with van der Waals surface area (Å²) in [5.41, 5.74) is 7.06. The molecule has 0 amide bonds. The fourth-order valence-electron chi connectivity index (χ4n) is 3.01. The van der Waals surface area contributed by atoms with Crippen molar-refractivity contribution in [2.75, 3.05) is 13.7 Å². The molecule has 0 spiro atoms. The molecule has 0 saturated carbocycles. The van der Waals surface area contributed by atoms with Gasteiger partial charge >= 0.3 is 5.97 Å². The van der Waals surface area contributed by atoms with Crippen molar-refractivity contribution in [2.24, 2.45) is 5.73 Å². The zero-order chi connectivity index (χ0) is 20.3. The van der Waals surface area contributed by atoms with Gasteiger partial charge in [0.15, 0.2) is 0 Å². The third kappa shape index (κ3) is 3.74. The van der Waals surface area contributed by atoms with Crippen LogP contribution in [-0.4, -0.2) is 38.1 Å². The van der Waals surface area contributed by atoms with Crippen LogP contribution >= 0.6 is 0 Å². The molecule has 2 N–H and O–H groups in total. The van der Waals surface area contributed by atoms with Crippen LogP contribution in [0.25, 0.3) is 10.9 Å². The SMILES string of the molecule is CCOC(=O)[C@H](N)Cc1cn(S(=O)(=O)c2ccccc2)c2ccc(OC)cc12. The van der Waals surface area contributed by atoms with Gasteiger partial charge in [-0.3, -0.25) is 4.79 Å². The van der Waals surface area contributed by atoms with E-state index in [1.54, 1.807) is 43.3 Å². The van der Waals surface area contributed by atoms with Crippen molar-refractivity contribution in [3.63, 3.8) is 0 Å². The molecular formula is C20H22N2O5S. The number of nitrogens with two attached hydrogens (primary N) is 1. The van der Waals surface area contributed by atoms with Crippen LogP contribution < -0.4 is 10.5 Å². The lowest BCUT2D eigenvalue weighted by Gasteiger charge is -2.09. The lowest BCUT2D eigenvalue weighted by atomic mass is 10.1. The summed E-state index contributed by atoms with van der Waals surface area (Å²) in [6.07, 6.45) is 1.64. The second kappa shape index (κ2) is 8.04. The zero-order valence-corrected chi connectivity index (χ0v) is 16.5. The van der Waals surface area contributed by atoms with Crippen molar-refractivity contribution < 1.29 is 22.7 Å². The van der Waals surface area contributed by atoms with Crippen molar-refractivity contribution in [1.82, 2.24) is 3.97 Å². The maximum Gasteiger partial charge on any atom is 0.323 e. The van der Waals surface area contributed by atoms with Gasteiger partial charge < -0.3 is 15.2 Å². The molecule has 2 aromatic carbocycles. The van der Waals surface area contributed by atoms with E-state index in [1.807, 2.05) is 0 Å². The van der Waals surface area contributed by atoms with Gasteiger partial charge in [0.05, 0.1) is 24.1 Å². The molecule has 148 valence electrons. The number of hydrogen-bond donors (Lipinski definition) is 1. The largest absolute Gasteiger partial charge is 0.497 e. The number of esters is 1. The number of hydrogen-bond acceptors (Lipinski definition) is 6. The highest BCUT2D eigenvalue weighted by molar-refractivity contribution is 7.90. The maximum absolute atomic E-state index is 13.1. The highest BCUT2D eigenvalue weighted by Crippen LogP contribution is 2.30. The van der Waals surface area contributed by atoms with E-state index in [-0.39, 0.29) is 17.9 Å². The number of methoxy groups -OCH3 is 1. The summed E-state index contributed by atoms with van der Waals surface area (Å²) >= 11 is 0. The first kappa shape index (κ1) is 19.9. The molecular weight excluding hydrogens is 380 g/mol. The molecule has 0 aliphatic carbocycles. The number of nitrogens with zero attached hydrogens (tertiary/aromatic N) is 1. The minimum atomic E-state index is -3.81. The first-order chi connectivity index (χ1) is 13.4. The molecule has 0 aliphatic heterocycles. The van der Waals surface area contributed by atoms with Gasteiger partial charge in [-0.25, -0.2) is 12.4 Å². The van der Waals surface area contributed by atoms with Crippen molar-refractivity contribution >= 4 is 26.9 Å². The van der Waals surface area contributed by atoms with Gasteiger partial charge in [0.2, 0.25) is 0 Å². The van der Waals surface area contributed by atoms with Crippen LogP contribution in [0.4, 0.5) is 0 Å². The fourth-order valence-corrected chi connectivity index (χ4v) is 4.42. The Bertz CT molecular complexity index is 1090. The minimum absolute atomic E-state index is 0.139. The Labute approximate surface area is 163 Å². The Kier molecular flexibility index (Phi) is 5.71. The Morgan fingerprint density at radius 1 is 1.18 bits per heavy atom. The smallest absolute Gasteiger partial charge is 0.323 e. The predicted octanol–water partition coefficient (Wildman–Crippen LogP) is 2.32. The lowest BCUT2D eigenvalue weighted by Crippen LogP contribution is -2.34. The topological polar surface area (TPSA) is 101 Å². The average molecular weight is 402 g/mol. The number of carbonyl (C=O) groups is 1. The highest BCUT2D eigenvalue weighted by atomic mass is 32.2. The normalized spacial score (nSPS) is 12.7. The number of fused-ring (bicyclic) bond motifs is 1. The summed E-state index contributed by atoms with van der Waals surface area (Å²) in [4.78, 5) is 12.1. The van der Waals surface area contributed by atoms with E-state index >= 15 is 0 Å². The van der Waals surface area contributed by atoms with E-state index in [4.69, 9.17) is 15.2 Å². The van der Waals surface area contributed by atoms with E-state index in [9.17, 15) is 13.2 Å². The number of ether oxygens (including phenoxy) is 2. The summed E-state index contributed by atoms with van der Waals surface area (Å²) in [6, 6.07) is 12.4. The Morgan fingerprint density at radius 2 is 1.89 bits per heavy atom. The molecule has 0 aliphatic rings. The van der Waals surface area contributed by atoms with E-state index in [2.05, 4.69) is 0 Å². The lowest BCUT2D eigenvalue weighted by molar-refractivity contribution is -0.144. The van der Waals surface area contributed by atoms with Crippen LogP contribution in [0.2, 0.25) is 0 Å². The van der Waals surface area contributed by atoms with E-state index in [1.165, 1.54) is 29.4 Å². The van der Waals surface area contributed by atoms with Crippen LogP contribution in [0, 0.1) is 0 Å². The van der Waals surface area contributed by atoms with Crippen LogP contribution in [-0.2, 0) is 26.0 Å². The highest BCUT2D eigenvalue weighted by Gasteiger charge is 2.24. The van der Waals surface area contributed by atoms with Gasteiger partial charge in [0.1, 0.15) is 11.8 Å². The summed E-state index contributed by atoms with van der Waals surface area (Å²) < 4.78 is 37.7. The molecule has 7 nitrogen and oxygen atoms in total. The predicted molar refractivity (Wildman–Crippen MR) is 106 cm³/mol. The van der Waals surface area contributed by atoms with Gasteiger partial charge in [-0.05, 0) is 42.8 Å². The molecule has 1 heterocycles. The van der Waals surface area contributed by atoms with Crippen molar-refractivity contribution in [3.8, 4) is 5.75 Å². The number of carbonyl (C=O) groups excluding carboxylic acids is 1. The first-order valence-corrected chi connectivity index (χ1v) is 10.2.